The Bertz CT molecular complexity index is 690. The molecule has 2 rings (SSSR count). The summed E-state index contributed by atoms with van der Waals surface area (Å²) in [4.78, 5) is 13.9. The number of esters is 1. The van der Waals surface area contributed by atoms with Gasteiger partial charge in [-0.3, -0.25) is 0 Å². The fourth-order valence-electron chi connectivity index (χ4n) is 2.34. The van der Waals surface area contributed by atoms with E-state index >= 15 is 0 Å². The Labute approximate surface area is 161 Å². The number of aliphatic hydroxyl groups is 1. The van der Waals surface area contributed by atoms with Crippen molar-refractivity contribution in [1.82, 2.24) is 10.2 Å². The number of benzene rings is 2. The second-order valence-corrected chi connectivity index (χ2v) is 6.30. The van der Waals surface area contributed by atoms with E-state index in [1.54, 1.807) is 18.2 Å². The number of nitrogens with zero attached hydrogens (tertiary/aromatic N) is 1. The number of nitrogens with one attached hydrogen (secondary N) is 1. The first kappa shape index (κ1) is 22.6. The molecule has 0 aliphatic carbocycles. The van der Waals surface area contributed by atoms with Gasteiger partial charge in [0.25, 0.3) is 0 Å². The van der Waals surface area contributed by atoms with Gasteiger partial charge in [0.15, 0.2) is 0 Å². The van der Waals surface area contributed by atoms with Crippen LogP contribution in [0.5, 0.6) is 5.75 Å². The maximum Gasteiger partial charge on any atom is 0.341 e. The molecule has 6 nitrogen and oxygen atoms in total. The van der Waals surface area contributed by atoms with Gasteiger partial charge in [0.2, 0.25) is 0 Å². The molecule has 27 heavy (non-hydrogen) atoms. The molecule has 148 valence electrons. The number of carbonyl (C=O) groups is 1. The molecular weight excluding hydrogens is 344 g/mol. The van der Waals surface area contributed by atoms with E-state index in [0.717, 1.165) is 5.56 Å². The molecule has 0 saturated heterocycles. The van der Waals surface area contributed by atoms with Crippen LogP contribution in [0.4, 0.5) is 0 Å². The maximum absolute atomic E-state index is 12.0. The van der Waals surface area contributed by atoms with Crippen LogP contribution in [-0.2, 0) is 11.3 Å². The van der Waals surface area contributed by atoms with E-state index in [9.17, 15) is 9.90 Å². The normalized spacial score (nSPS) is 11.4. The quantitative estimate of drug-likeness (QED) is 0.726. The lowest BCUT2D eigenvalue weighted by molar-refractivity contribution is 0.0595. The molecule has 0 aliphatic rings. The molecule has 0 fully saturated rings. The molecule has 0 saturated carbocycles. The molecular formula is C21H30N2O4. The topological polar surface area (TPSA) is 71.0 Å². The number of aliphatic hydroxyl groups excluding tert-OH is 1. The fraction of sp³-hybridized carbons (Fsp3) is 0.381. The first-order valence-electron chi connectivity index (χ1n) is 8.73. The molecule has 2 N–H and O–H groups in total. The van der Waals surface area contributed by atoms with Gasteiger partial charge >= 0.3 is 5.97 Å². The van der Waals surface area contributed by atoms with Crippen LogP contribution < -0.4 is 10.1 Å². The smallest absolute Gasteiger partial charge is 0.341 e. The number of hydrogen-bond acceptors (Lipinski definition) is 6. The Kier molecular flexibility index (Phi) is 10.1. The lowest BCUT2D eigenvalue weighted by atomic mass is 10.0. The second kappa shape index (κ2) is 12.1. The van der Waals surface area contributed by atoms with Crippen molar-refractivity contribution in [3.05, 3.63) is 65.2 Å². The fourth-order valence-corrected chi connectivity index (χ4v) is 2.34. The summed E-state index contributed by atoms with van der Waals surface area (Å²) in [6, 6.07) is 14.8. The van der Waals surface area contributed by atoms with Crippen molar-refractivity contribution in [3.8, 4) is 5.75 Å². The predicted molar refractivity (Wildman–Crippen MR) is 107 cm³/mol. The van der Waals surface area contributed by atoms with Crippen molar-refractivity contribution in [2.75, 3.05) is 41.8 Å². The summed E-state index contributed by atoms with van der Waals surface area (Å²) in [5.41, 5.74) is 1.96. The summed E-state index contributed by atoms with van der Waals surface area (Å²) in [5, 5.41) is 13.0. The monoisotopic (exact) mass is 374 g/mol. The molecule has 2 aromatic carbocycles. The zero-order chi connectivity index (χ0) is 20.2. The third kappa shape index (κ3) is 7.78. The van der Waals surface area contributed by atoms with Gasteiger partial charge in [-0.1, -0.05) is 36.4 Å². The zero-order valence-electron chi connectivity index (χ0n) is 16.7. The number of ether oxygens (including phenoxy) is 2. The first-order valence-corrected chi connectivity index (χ1v) is 8.73. The Hall–Kier alpha value is -2.41. The Morgan fingerprint density at radius 2 is 1.78 bits per heavy atom. The van der Waals surface area contributed by atoms with Crippen LogP contribution in [0.3, 0.4) is 0 Å². The SMILES string of the molecule is CNC.COC(=O)c1cc(C(O)CN(C)C)ccc1OCc1ccccc1. The van der Waals surface area contributed by atoms with Crippen LogP contribution in [0, 0.1) is 0 Å². The number of hydrogen-bond donors (Lipinski definition) is 2. The van der Waals surface area contributed by atoms with Crippen molar-refractivity contribution in [1.29, 1.82) is 0 Å². The van der Waals surface area contributed by atoms with Crippen LogP contribution in [0.2, 0.25) is 0 Å². The molecule has 0 amide bonds. The van der Waals surface area contributed by atoms with E-state index in [2.05, 4.69) is 5.32 Å². The summed E-state index contributed by atoms with van der Waals surface area (Å²) < 4.78 is 10.6. The molecule has 6 heteroatoms. The van der Waals surface area contributed by atoms with E-state index in [-0.39, 0.29) is 0 Å². The summed E-state index contributed by atoms with van der Waals surface area (Å²) in [6.45, 7) is 0.815. The molecule has 0 heterocycles. The van der Waals surface area contributed by atoms with E-state index in [1.165, 1.54) is 7.11 Å². The molecule has 1 atom stereocenters. The van der Waals surface area contributed by atoms with Crippen molar-refractivity contribution in [2.24, 2.45) is 0 Å². The van der Waals surface area contributed by atoms with Crippen LogP contribution >= 0.6 is 0 Å². The minimum absolute atomic E-state index is 0.309. The standard InChI is InChI=1S/C19H23NO4.C2H7N/c1-20(2)12-17(21)15-9-10-18(16(11-15)19(22)23-3)24-13-14-7-5-4-6-8-14;1-3-2/h4-11,17,21H,12-13H2,1-3H3;3H,1-2H3. The Balaban J connectivity index is 0.00000114. The van der Waals surface area contributed by atoms with Gasteiger partial charge in [0.05, 0.1) is 13.2 Å². The third-order valence-corrected chi connectivity index (χ3v) is 3.57. The Morgan fingerprint density at radius 3 is 2.33 bits per heavy atom. The van der Waals surface area contributed by atoms with Crippen molar-refractivity contribution in [3.63, 3.8) is 0 Å². The molecule has 0 aromatic heterocycles. The summed E-state index contributed by atoms with van der Waals surface area (Å²) in [7, 11) is 8.83. The highest BCUT2D eigenvalue weighted by atomic mass is 16.5. The average Bonchev–Trinajstić information content (AvgIpc) is 2.66. The lowest BCUT2D eigenvalue weighted by Crippen LogP contribution is -2.20. The van der Waals surface area contributed by atoms with Gasteiger partial charge in [-0.05, 0) is 51.5 Å². The molecule has 0 spiro atoms. The van der Waals surface area contributed by atoms with E-state index in [4.69, 9.17) is 9.47 Å². The van der Waals surface area contributed by atoms with Crippen molar-refractivity contribution < 1.29 is 19.4 Å². The van der Waals surface area contributed by atoms with Gasteiger partial charge in [0, 0.05) is 6.54 Å². The molecule has 1 unspecified atom stereocenters. The third-order valence-electron chi connectivity index (χ3n) is 3.57. The summed E-state index contributed by atoms with van der Waals surface area (Å²) >= 11 is 0. The molecule has 0 bridgehead atoms. The summed E-state index contributed by atoms with van der Waals surface area (Å²) in [6.07, 6.45) is -0.688. The largest absolute Gasteiger partial charge is 0.488 e. The van der Waals surface area contributed by atoms with Crippen LogP contribution in [0.15, 0.2) is 48.5 Å². The summed E-state index contributed by atoms with van der Waals surface area (Å²) in [5.74, 6) is -0.0523. The van der Waals surface area contributed by atoms with Gasteiger partial charge in [-0.15, -0.1) is 0 Å². The minimum Gasteiger partial charge on any atom is -0.488 e. The molecule has 0 aliphatic heterocycles. The van der Waals surface area contributed by atoms with E-state index in [1.807, 2.05) is 63.4 Å². The number of likely N-dealkylation sites (N-methyl/N-ethyl adjacent to an activating group) is 1. The van der Waals surface area contributed by atoms with Crippen LogP contribution in [0.25, 0.3) is 0 Å². The average molecular weight is 374 g/mol. The Morgan fingerprint density at radius 1 is 1.15 bits per heavy atom. The van der Waals surface area contributed by atoms with Gasteiger partial charge in [0.1, 0.15) is 17.9 Å². The van der Waals surface area contributed by atoms with Gasteiger partial charge < -0.3 is 24.8 Å². The lowest BCUT2D eigenvalue weighted by Gasteiger charge is -2.18. The number of rotatable bonds is 7. The minimum atomic E-state index is -0.688. The second-order valence-electron chi connectivity index (χ2n) is 6.30. The van der Waals surface area contributed by atoms with Crippen LogP contribution in [-0.4, -0.2) is 57.8 Å². The maximum atomic E-state index is 12.0. The highest BCUT2D eigenvalue weighted by Crippen LogP contribution is 2.25. The number of methoxy groups -OCH3 is 1. The first-order chi connectivity index (χ1) is 12.9. The van der Waals surface area contributed by atoms with Crippen molar-refractivity contribution >= 4 is 5.97 Å². The van der Waals surface area contributed by atoms with Crippen LogP contribution in [0.1, 0.15) is 27.6 Å². The van der Waals surface area contributed by atoms with Crippen molar-refractivity contribution in [2.45, 2.75) is 12.7 Å². The van der Waals surface area contributed by atoms with Gasteiger partial charge in [-0.2, -0.15) is 0 Å². The van der Waals surface area contributed by atoms with E-state index < -0.39 is 12.1 Å². The van der Waals surface area contributed by atoms with Gasteiger partial charge in [-0.25, -0.2) is 4.79 Å². The van der Waals surface area contributed by atoms with E-state index in [0.29, 0.717) is 30.0 Å². The molecule has 0 radical (unpaired) electrons. The number of carbonyl (C=O) groups excluding carboxylic acids is 1. The highest BCUT2D eigenvalue weighted by molar-refractivity contribution is 5.92. The molecule has 2 aromatic rings. The zero-order valence-corrected chi connectivity index (χ0v) is 16.7. The highest BCUT2D eigenvalue weighted by Gasteiger charge is 2.17. The predicted octanol–water partition coefficient (Wildman–Crippen LogP) is 2.48.